The van der Waals surface area contributed by atoms with E-state index in [0.717, 1.165) is 0 Å². The summed E-state index contributed by atoms with van der Waals surface area (Å²) in [7, 11) is 0. The SMILES string of the molecule is N#C/C(=C/c1cc(Cl)c(OCc2ccc([N+](=O)[O-])cc2)c(Cl)c1)C(=O)Nc1ccccc1F. The van der Waals surface area contributed by atoms with Gasteiger partial charge < -0.3 is 10.1 Å². The van der Waals surface area contributed by atoms with Gasteiger partial charge in [0, 0.05) is 12.1 Å². The normalized spacial score (nSPS) is 10.9. The van der Waals surface area contributed by atoms with Gasteiger partial charge in [-0.25, -0.2) is 4.39 Å². The minimum Gasteiger partial charge on any atom is -0.486 e. The van der Waals surface area contributed by atoms with E-state index >= 15 is 0 Å². The summed E-state index contributed by atoms with van der Waals surface area (Å²) in [6, 6.07) is 16.0. The molecule has 0 atom stereocenters. The second-order valence-corrected chi connectivity index (χ2v) is 7.44. The molecule has 33 heavy (non-hydrogen) atoms. The third kappa shape index (κ3) is 6.07. The lowest BCUT2D eigenvalue weighted by Gasteiger charge is -2.11. The maximum Gasteiger partial charge on any atom is 0.269 e. The number of nitriles is 1. The minimum absolute atomic E-state index is 0.0432. The highest BCUT2D eigenvalue weighted by atomic mass is 35.5. The Morgan fingerprint density at radius 2 is 1.79 bits per heavy atom. The monoisotopic (exact) mass is 485 g/mol. The van der Waals surface area contributed by atoms with Crippen LogP contribution in [0.15, 0.2) is 66.2 Å². The Labute approximate surface area is 197 Å². The maximum absolute atomic E-state index is 13.7. The van der Waals surface area contributed by atoms with Crippen molar-refractivity contribution in [1.82, 2.24) is 0 Å². The highest BCUT2D eigenvalue weighted by Crippen LogP contribution is 2.35. The van der Waals surface area contributed by atoms with E-state index in [2.05, 4.69) is 5.32 Å². The van der Waals surface area contributed by atoms with Crippen LogP contribution in [0.25, 0.3) is 6.08 Å². The van der Waals surface area contributed by atoms with Crippen molar-refractivity contribution >= 4 is 46.6 Å². The summed E-state index contributed by atoms with van der Waals surface area (Å²) in [5.41, 5.74) is 0.624. The lowest BCUT2D eigenvalue weighted by atomic mass is 10.1. The Morgan fingerprint density at radius 3 is 2.36 bits per heavy atom. The van der Waals surface area contributed by atoms with E-state index in [1.807, 2.05) is 0 Å². The standard InChI is InChI=1S/C23H14Cl2FN3O4/c24-18-10-15(9-16(12-27)23(30)28-21-4-2-1-3-20(21)26)11-19(25)22(18)33-13-14-5-7-17(8-6-14)29(31)32/h1-11H,13H2,(H,28,30)/b16-9-. The number of benzene rings is 3. The lowest BCUT2D eigenvalue weighted by molar-refractivity contribution is -0.384. The van der Waals surface area contributed by atoms with Crippen molar-refractivity contribution in [1.29, 1.82) is 5.26 Å². The van der Waals surface area contributed by atoms with Crippen molar-refractivity contribution in [3.63, 3.8) is 0 Å². The lowest BCUT2D eigenvalue weighted by Crippen LogP contribution is -2.14. The average molecular weight is 486 g/mol. The summed E-state index contributed by atoms with van der Waals surface area (Å²) < 4.78 is 19.4. The number of nitrogens with zero attached hydrogens (tertiary/aromatic N) is 2. The smallest absolute Gasteiger partial charge is 0.269 e. The highest BCUT2D eigenvalue weighted by molar-refractivity contribution is 6.37. The molecular weight excluding hydrogens is 472 g/mol. The van der Waals surface area contributed by atoms with Gasteiger partial charge in [-0.1, -0.05) is 35.3 Å². The molecular formula is C23H14Cl2FN3O4. The van der Waals surface area contributed by atoms with Crippen molar-refractivity contribution in [2.24, 2.45) is 0 Å². The van der Waals surface area contributed by atoms with Gasteiger partial charge in [0.15, 0.2) is 5.75 Å². The van der Waals surface area contributed by atoms with E-state index in [9.17, 15) is 24.6 Å². The first-order valence-corrected chi connectivity index (χ1v) is 10.1. The van der Waals surface area contributed by atoms with Gasteiger partial charge in [-0.2, -0.15) is 5.26 Å². The topological polar surface area (TPSA) is 105 Å². The molecule has 0 aliphatic heterocycles. The van der Waals surface area contributed by atoms with Gasteiger partial charge in [-0.3, -0.25) is 14.9 Å². The second kappa shape index (κ2) is 10.6. The van der Waals surface area contributed by atoms with Crippen molar-refractivity contribution in [2.45, 2.75) is 6.61 Å². The Hall–Kier alpha value is -3.93. The summed E-state index contributed by atoms with van der Waals surface area (Å²) >= 11 is 12.5. The number of anilines is 1. The van der Waals surface area contributed by atoms with Crippen LogP contribution < -0.4 is 10.1 Å². The van der Waals surface area contributed by atoms with Crippen LogP contribution in [-0.4, -0.2) is 10.8 Å². The number of nitrogens with one attached hydrogen (secondary N) is 1. The molecule has 0 unspecified atom stereocenters. The van der Waals surface area contributed by atoms with E-state index in [1.54, 1.807) is 24.3 Å². The predicted octanol–water partition coefficient (Wildman–Crippen LogP) is 6.17. The number of rotatable bonds is 7. The van der Waals surface area contributed by atoms with E-state index in [1.165, 1.54) is 48.5 Å². The molecule has 0 aliphatic carbocycles. The summed E-state index contributed by atoms with van der Waals surface area (Å²) in [4.78, 5) is 22.6. The zero-order chi connectivity index (χ0) is 24.0. The molecule has 0 bridgehead atoms. The van der Waals surface area contributed by atoms with Gasteiger partial charge in [0.25, 0.3) is 11.6 Å². The Morgan fingerprint density at radius 1 is 1.15 bits per heavy atom. The fourth-order valence-electron chi connectivity index (χ4n) is 2.74. The average Bonchev–Trinajstić information content (AvgIpc) is 2.78. The molecule has 0 spiro atoms. The number of halogens is 3. The van der Waals surface area contributed by atoms with Gasteiger partial charge in [0.2, 0.25) is 0 Å². The maximum atomic E-state index is 13.7. The van der Waals surface area contributed by atoms with Gasteiger partial charge in [-0.15, -0.1) is 0 Å². The van der Waals surface area contributed by atoms with Crippen LogP contribution in [0.1, 0.15) is 11.1 Å². The van der Waals surface area contributed by atoms with Gasteiger partial charge in [0.1, 0.15) is 24.1 Å². The van der Waals surface area contributed by atoms with Crippen LogP contribution in [-0.2, 0) is 11.4 Å². The first-order chi connectivity index (χ1) is 15.8. The van der Waals surface area contributed by atoms with Crippen molar-refractivity contribution in [2.75, 3.05) is 5.32 Å². The summed E-state index contributed by atoms with van der Waals surface area (Å²) in [6.07, 6.45) is 1.26. The first-order valence-electron chi connectivity index (χ1n) is 9.31. The summed E-state index contributed by atoms with van der Waals surface area (Å²) in [6.45, 7) is 0.0567. The third-order valence-corrected chi connectivity index (χ3v) is 4.91. The largest absolute Gasteiger partial charge is 0.486 e. The Balaban J connectivity index is 1.75. The molecule has 0 aliphatic rings. The molecule has 0 radical (unpaired) electrons. The van der Waals surface area contributed by atoms with Crippen molar-refractivity contribution in [3.05, 3.63) is 103 Å². The third-order valence-electron chi connectivity index (χ3n) is 4.35. The van der Waals surface area contributed by atoms with Gasteiger partial charge in [-0.05, 0) is 53.6 Å². The minimum atomic E-state index is -0.798. The van der Waals surface area contributed by atoms with Gasteiger partial charge in [0.05, 0.1) is 20.7 Å². The van der Waals surface area contributed by atoms with Gasteiger partial charge >= 0.3 is 0 Å². The van der Waals surface area contributed by atoms with Crippen molar-refractivity contribution < 1.29 is 18.8 Å². The van der Waals surface area contributed by atoms with E-state index in [0.29, 0.717) is 11.1 Å². The molecule has 0 heterocycles. The number of hydrogen-bond donors (Lipinski definition) is 1. The Bertz CT molecular complexity index is 1260. The number of ether oxygens (including phenoxy) is 1. The first kappa shape index (κ1) is 23.7. The molecule has 166 valence electrons. The number of nitro groups is 1. The van der Waals surface area contributed by atoms with E-state index in [4.69, 9.17) is 27.9 Å². The van der Waals surface area contributed by atoms with Crippen LogP contribution in [0.3, 0.4) is 0 Å². The molecule has 1 amide bonds. The summed E-state index contributed by atoms with van der Waals surface area (Å²) in [5.74, 6) is -1.26. The quantitative estimate of drug-likeness (QED) is 0.186. The number of para-hydroxylation sites is 1. The molecule has 0 fully saturated rings. The number of amides is 1. The molecule has 0 saturated heterocycles. The highest BCUT2D eigenvalue weighted by Gasteiger charge is 2.14. The zero-order valence-electron chi connectivity index (χ0n) is 16.7. The molecule has 3 rings (SSSR count). The number of carbonyl (C=O) groups excluding carboxylic acids is 1. The van der Waals surface area contributed by atoms with Crippen LogP contribution >= 0.6 is 23.2 Å². The fraction of sp³-hybridized carbons (Fsp3) is 0.0435. The second-order valence-electron chi connectivity index (χ2n) is 6.63. The molecule has 0 saturated carbocycles. The van der Waals surface area contributed by atoms with Crippen LogP contribution in [0.2, 0.25) is 10.0 Å². The molecule has 3 aromatic rings. The molecule has 7 nitrogen and oxygen atoms in total. The number of non-ortho nitro benzene ring substituents is 1. The number of nitro benzene ring substituents is 1. The van der Waals surface area contributed by atoms with Crippen LogP contribution in [0, 0.1) is 27.3 Å². The van der Waals surface area contributed by atoms with Crippen molar-refractivity contribution in [3.8, 4) is 11.8 Å². The van der Waals surface area contributed by atoms with Crippen LogP contribution in [0.5, 0.6) is 5.75 Å². The molecule has 1 N–H and O–H groups in total. The molecule has 3 aromatic carbocycles. The van der Waals surface area contributed by atoms with E-state index in [-0.39, 0.29) is 39.3 Å². The van der Waals surface area contributed by atoms with E-state index < -0.39 is 16.6 Å². The molecule has 0 aromatic heterocycles. The predicted molar refractivity (Wildman–Crippen MR) is 123 cm³/mol. The zero-order valence-corrected chi connectivity index (χ0v) is 18.2. The Kier molecular flexibility index (Phi) is 7.61. The fourth-order valence-corrected chi connectivity index (χ4v) is 3.35. The van der Waals surface area contributed by atoms with Crippen LogP contribution in [0.4, 0.5) is 15.8 Å². The number of carbonyl (C=O) groups is 1. The molecule has 10 heteroatoms. The number of hydrogen-bond acceptors (Lipinski definition) is 5. The summed E-state index contributed by atoms with van der Waals surface area (Å²) in [5, 5.41) is 22.7.